The highest BCUT2D eigenvalue weighted by atomic mass is 15.3. The Morgan fingerprint density at radius 3 is 2.65 bits per heavy atom. The lowest BCUT2D eigenvalue weighted by molar-refractivity contribution is 0.212. The summed E-state index contributed by atoms with van der Waals surface area (Å²) in [6.45, 7) is 9.09. The van der Waals surface area contributed by atoms with Crippen molar-refractivity contribution in [1.82, 2.24) is 14.7 Å². The van der Waals surface area contributed by atoms with Gasteiger partial charge in [-0.05, 0) is 51.9 Å². The summed E-state index contributed by atoms with van der Waals surface area (Å²) in [6, 6.07) is 0.614. The Bertz CT molecular complexity index is 362. The number of likely N-dealkylation sites (tertiary alicyclic amines) is 1. The van der Waals surface area contributed by atoms with E-state index in [9.17, 15) is 0 Å². The van der Waals surface area contributed by atoms with E-state index >= 15 is 0 Å². The van der Waals surface area contributed by atoms with Crippen LogP contribution in [0.1, 0.15) is 56.3 Å². The topological polar surface area (TPSA) is 21.1 Å². The fourth-order valence-corrected chi connectivity index (χ4v) is 2.62. The minimum atomic E-state index is 0.586. The number of nitrogens with zero attached hydrogens (tertiary/aromatic N) is 3. The average Bonchev–Trinajstić information content (AvgIpc) is 2.71. The van der Waals surface area contributed by atoms with Crippen molar-refractivity contribution in [3.8, 4) is 0 Å². The normalized spacial score (nSPS) is 20.7. The largest absolute Gasteiger partial charge is 0.306 e. The van der Waals surface area contributed by atoms with Crippen molar-refractivity contribution in [3.05, 3.63) is 17.5 Å². The standard InChI is InChI=1S/C14H25N3/c1-5-11(2)14-12(3)10-17(15-14)13-6-8-16(4)9-7-13/h10-11,13H,5-9H2,1-4H3. The maximum absolute atomic E-state index is 4.83. The van der Waals surface area contributed by atoms with Crippen LogP contribution in [0, 0.1) is 6.92 Å². The van der Waals surface area contributed by atoms with Crippen LogP contribution in [-0.2, 0) is 0 Å². The van der Waals surface area contributed by atoms with E-state index in [0.717, 1.165) is 0 Å². The predicted octanol–water partition coefficient (Wildman–Crippen LogP) is 2.97. The molecule has 96 valence electrons. The first kappa shape index (κ1) is 12.6. The molecule has 17 heavy (non-hydrogen) atoms. The maximum atomic E-state index is 4.83. The maximum Gasteiger partial charge on any atom is 0.0681 e. The Balaban J connectivity index is 2.11. The summed E-state index contributed by atoms with van der Waals surface area (Å²) < 4.78 is 2.23. The molecule has 1 aliphatic rings. The molecule has 1 unspecified atom stereocenters. The molecule has 1 aliphatic heterocycles. The van der Waals surface area contributed by atoms with Crippen LogP contribution in [-0.4, -0.2) is 34.8 Å². The summed E-state index contributed by atoms with van der Waals surface area (Å²) in [6.07, 6.45) is 5.89. The van der Waals surface area contributed by atoms with Gasteiger partial charge >= 0.3 is 0 Å². The second-order valence-corrected chi connectivity index (χ2v) is 5.52. The Morgan fingerprint density at radius 1 is 1.41 bits per heavy atom. The molecule has 1 atom stereocenters. The number of rotatable bonds is 3. The molecule has 0 N–H and O–H groups in total. The van der Waals surface area contributed by atoms with Crippen molar-refractivity contribution in [2.45, 2.75) is 52.0 Å². The number of hydrogen-bond acceptors (Lipinski definition) is 2. The van der Waals surface area contributed by atoms with Crippen molar-refractivity contribution in [1.29, 1.82) is 0 Å². The van der Waals surface area contributed by atoms with Crippen LogP contribution >= 0.6 is 0 Å². The first-order valence-corrected chi connectivity index (χ1v) is 6.86. The van der Waals surface area contributed by atoms with E-state index < -0.39 is 0 Å². The van der Waals surface area contributed by atoms with Gasteiger partial charge in [0, 0.05) is 12.1 Å². The van der Waals surface area contributed by atoms with Gasteiger partial charge in [-0.1, -0.05) is 13.8 Å². The molecule has 2 rings (SSSR count). The molecule has 0 radical (unpaired) electrons. The monoisotopic (exact) mass is 235 g/mol. The quantitative estimate of drug-likeness (QED) is 0.803. The van der Waals surface area contributed by atoms with Crippen LogP contribution in [0.3, 0.4) is 0 Å². The van der Waals surface area contributed by atoms with Gasteiger partial charge in [0.05, 0.1) is 11.7 Å². The van der Waals surface area contributed by atoms with Gasteiger partial charge in [0.15, 0.2) is 0 Å². The van der Waals surface area contributed by atoms with Crippen LogP contribution in [0.2, 0.25) is 0 Å². The Hall–Kier alpha value is -0.830. The highest BCUT2D eigenvalue weighted by Crippen LogP contribution is 2.26. The molecule has 0 spiro atoms. The van der Waals surface area contributed by atoms with E-state index in [-0.39, 0.29) is 0 Å². The van der Waals surface area contributed by atoms with E-state index in [1.54, 1.807) is 0 Å². The molecule has 0 aliphatic carbocycles. The minimum Gasteiger partial charge on any atom is -0.306 e. The number of piperidine rings is 1. The fraction of sp³-hybridized carbons (Fsp3) is 0.786. The van der Waals surface area contributed by atoms with Crippen molar-refractivity contribution in [3.63, 3.8) is 0 Å². The zero-order valence-electron chi connectivity index (χ0n) is 11.6. The summed E-state index contributed by atoms with van der Waals surface area (Å²) in [5, 5.41) is 4.83. The van der Waals surface area contributed by atoms with Gasteiger partial charge in [-0.25, -0.2) is 0 Å². The summed E-state index contributed by atoms with van der Waals surface area (Å²) >= 11 is 0. The third-order valence-electron chi connectivity index (χ3n) is 4.09. The molecule has 0 aromatic carbocycles. The molecule has 1 fully saturated rings. The summed E-state index contributed by atoms with van der Waals surface area (Å²) in [4.78, 5) is 2.41. The molecular weight excluding hydrogens is 210 g/mol. The first-order chi connectivity index (χ1) is 8.11. The number of aromatic nitrogens is 2. The van der Waals surface area contributed by atoms with Crippen molar-refractivity contribution >= 4 is 0 Å². The molecule has 3 nitrogen and oxygen atoms in total. The van der Waals surface area contributed by atoms with Gasteiger partial charge in [0.2, 0.25) is 0 Å². The number of hydrogen-bond donors (Lipinski definition) is 0. The molecule has 1 aromatic rings. The van der Waals surface area contributed by atoms with Gasteiger partial charge in [-0.2, -0.15) is 5.10 Å². The highest BCUT2D eigenvalue weighted by Gasteiger charge is 2.20. The van der Waals surface area contributed by atoms with Crippen LogP contribution in [0.5, 0.6) is 0 Å². The van der Waals surface area contributed by atoms with E-state index in [1.165, 1.54) is 43.6 Å². The van der Waals surface area contributed by atoms with Crippen molar-refractivity contribution in [2.75, 3.05) is 20.1 Å². The fourth-order valence-electron chi connectivity index (χ4n) is 2.62. The Labute approximate surface area is 105 Å². The lowest BCUT2D eigenvalue weighted by Crippen LogP contribution is -2.31. The van der Waals surface area contributed by atoms with Gasteiger partial charge in [0.25, 0.3) is 0 Å². The minimum absolute atomic E-state index is 0.586. The second-order valence-electron chi connectivity index (χ2n) is 5.52. The zero-order valence-corrected chi connectivity index (χ0v) is 11.6. The summed E-state index contributed by atoms with van der Waals surface area (Å²) in [7, 11) is 2.20. The van der Waals surface area contributed by atoms with Crippen LogP contribution in [0.15, 0.2) is 6.20 Å². The van der Waals surface area contributed by atoms with Crippen LogP contribution in [0.25, 0.3) is 0 Å². The summed E-state index contributed by atoms with van der Waals surface area (Å²) in [5.74, 6) is 0.586. The lowest BCUT2D eigenvalue weighted by Gasteiger charge is -2.29. The SMILES string of the molecule is CCC(C)c1nn(C2CCN(C)CC2)cc1C. The number of aryl methyl sites for hydroxylation is 1. The van der Waals surface area contributed by atoms with Gasteiger partial charge in [0.1, 0.15) is 0 Å². The first-order valence-electron chi connectivity index (χ1n) is 6.86. The van der Waals surface area contributed by atoms with E-state index in [2.05, 4.69) is 43.6 Å². The molecule has 3 heteroatoms. The Kier molecular flexibility index (Phi) is 3.87. The summed E-state index contributed by atoms with van der Waals surface area (Å²) in [5.41, 5.74) is 2.66. The smallest absolute Gasteiger partial charge is 0.0681 e. The van der Waals surface area contributed by atoms with Gasteiger partial charge in [-0.15, -0.1) is 0 Å². The molecule has 0 bridgehead atoms. The van der Waals surface area contributed by atoms with E-state index in [1.807, 2.05) is 0 Å². The predicted molar refractivity (Wildman–Crippen MR) is 71.4 cm³/mol. The molecule has 0 saturated carbocycles. The molecule has 2 heterocycles. The zero-order chi connectivity index (χ0) is 12.4. The van der Waals surface area contributed by atoms with Gasteiger partial charge < -0.3 is 4.90 Å². The highest BCUT2D eigenvalue weighted by molar-refractivity contribution is 5.19. The molecule has 1 saturated heterocycles. The third-order valence-corrected chi connectivity index (χ3v) is 4.09. The molecule has 0 amide bonds. The average molecular weight is 235 g/mol. The third kappa shape index (κ3) is 2.71. The van der Waals surface area contributed by atoms with E-state index in [4.69, 9.17) is 5.10 Å². The van der Waals surface area contributed by atoms with Crippen LogP contribution in [0.4, 0.5) is 0 Å². The molecular formula is C14H25N3. The van der Waals surface area contributed by atoms with E-state index in [0.29, 0.717) is 12.0 Å². The van der Waals surface area contributed by atoms with Crippen molar-refractivity contribution in [2.24, 2.45) is 0 Å². The molecule has 1 aromatic heterocycles. The lowest BCUT2D eigenvalue weighted by atomic mass is 10.0. The van der Waals surface area contributed by atoms with Crippen LogP contribution < -0.4 is 0 Å². The second kappa shape index (κ2) is 5.21. The Morgan fingerprint density at radius 2 is 2.06 bits per heavy atom. The van der Waals surface area contributed by atoms with Gasteiger partial charge in [-0.3, -0.25) is 4.68 Å². The van der Waals surface area contributed by atoms with Crippen molar-refractivity contribution < 1.29 is 0 Å².